The zero-order chi connectivity index (χ0) is 18.4. The first-order valence-electron chi connectivity index (χ1n) is 8.63. The van der Waals surface area contributed by atoms with E-state index in [1.54, 1.807) is 7.11 Å². The molecule has 26 heavy (non-hydrogen) atoms. The summed E-state index contributed by atoms with van der Waals surface area (Å²) in [5, 5.41) is 5.44. The van der Waals surface area contributed by atoms with Crippen LogP contribution in [-0.4, -0.2) is 24.6 Å². The van der Waals surface area contributed by atoms with Gasteiger partial charge in [0.15, 0.2) is 5.13 Å². The quantitative estimate of drug-likeness (QED) is 0.652. The summed E-state index contributed by atoms with van der Waals surface area (Å²) in [6.45, 7) is 2.81. The third-order valence-corrected chi connectivity index (χ3v) is 4.95. The molecule has 0 radical (unpaired) electrons. The maximum absolute atomic E-state index is 12.3. The van der Waals surface area contributed by atoms with Crippen LogP contribution in [0.3, 0.4) is 0 Å². The van der Waals surface area contributed by atoms with Crippen molar-refractivity contribution in [2.24, 2.45) is 0 Å². The number of carbonyl (C=O) groups excluding carboxylic acids is 1. The number of carbonyl (C=O) groups is 1. The van der Waals surface area contributed by atoms with E-state index in [0.717, 1.165) is 24.1 Å². The third-order valence-electron chi connectivity index (χ3n) is 4.19. The number of benzene rings is 2. The van der Waals surface area contributed by atoms with Crippen molar-refractivity contribution in [1.82, 2.24) is 4.98 Å². The molecule has 0 aliphatic rings. The Bertz CT molecular complexity index is 854. The van der Waals surface area contributed by atoms with Crippen LogP contribution in [0.25, 0.3) is 11.3 Å². The second kappa shape index (κ2) is 8.74. The number of amides is 1. The number of hydrogen-bond acceptors (Lipinski definition) is 4. The van der Waals surface area contributed by atoms with Crippen LogP contribution < -0.4 is 5.32 Å². The van der Waals surface area contributed by atoms with Crippen LogP contribution in [0.15, 0.2) is 53.9 Å². The molecule has 4 nitrogen and oxygen atoms in total. The van der Waals surface area contributed by atoms with E-state index >= 15 is 0 Å². The van der Waals surface area contributed by atoms with Crippen molar-refractivity contribution in [1.29, 1.82) is 0 Å². The number of anilines is 1. The van der Waals surface area contributed by atoms with E-state index in [0.29, 0.717) is 17.3 Å². The predicted octanol–water partition coefficient (Wildman–Crippen LogP) is 4.81. The molecular weight excluding hydrogens is 344 g/mol. The van der Waals surface area contributed by atoms with Crippen molar-refractivity contribution < 1.29 is 9.53 Å². The maximum atomic E-state index is 12.3. The van der Waals surface area contributed by atoms with E-state index in [4.69, 9.17) is 4.74 Å². The minimum Gasteiger partial charge on any atom is -0.384 e. The number of aromatic nitrogens is 1. The fourth-order valence-corrected chi connectivity index (χ4v) is 3.30. The number of nitrogens with zero attached hydrogens (tertiary/aromatic N) is 1. The van der Waals surface area contributed by atoms with Crippen LogP contribution in [0.4, 0.5) is 5.13 Å². The average Bonchev–Trinajstić information content (AvgIpc) is 3.15. The molecule has 0 fully saturated rings. The van der Waals surface area contributed by atoms with Crippen molar-refractivity contribution in [2.45, 2.75) is 19.8 Å². The van der Waals surface area contributed by atoms with Gasteiger partial charge in [0.05, 0.1) is 12.3 Å². The van der Waals surface area contributed by atoms with Crippen LogP contribution in [0, 0.1) is 0 Å². The zero-order valence-corrected chi connectivity index (χ0v) is 15.8. The minimum absolute atomic E-state index is 0.136. The summed E-state index contributed by atoms with van der Waals surface area (Å²) < 4.78 is 5.10. The summed E-state index contributed by atoms with van der Waals surface area (Å²) in [4.78, 5) is 16.9. The van der Waals surface area contributed by atoms with Crippen LogP contribution in [-0.2, 0) is 17.6 Å². The average molecular weight is 366 g/mol. The molecule has 5 heteroatoms. The first-order valence-corrected chi connectivity index (χ1v) is 9.51. The zero-order valence-electron chi connectivity index (χ0n) is 15.0. The molecule has 1 amide bonds. The topological polar surface area (TPSA) is 51.2 Å². The summed E-state index contributed by atoms with van der Waals surface area (Å²) in [5.74, 6) is -0.136. The van der Waals surface area contributed by atoms with E-state index < -0.39 is 0 Å². The van der Waals surface area contributed by atoms with Gasteiger partial charge in [0.1, 0.15) is 0 Å². The smallest absolute Gasteiger partial charge is 0.257 e. The maximum Gasteiger partial charge on any atom is 0.257 e. The van der Waals surface area contributed by atoms with Crippen LogP contribution in [0.2, 0.25) is 0 Å². The second-order valence-electron chi connectivity index (χ2n) is 5.98. The van der Waals surface area contributed by atoms with Crippen molar-refractivity contribution in [3.8, 4) is 11.3 Å². The molecule has 2 aromatic carbocycles. The lowest BCUT2D eigenvalue weighted by Crippen LogP contribution is -2.11. The highest BCUT2D eigenvalue weighted by Crippen LogP contribution is 2.25. The van der Waals surface area contributed by atoms with Gasteiger partial charge in [0.25, 0.3) is 5.91 Å². The highest BCUT2D eigenvalue weighted by atomic mass is 32.1. The molecule has 1 N–H and O–H groups in total. The molecule has 0 aliphatic carbocycles. The molecule has 0 saturated heterocycles. The number of ether oxygens (including phenoxy) is 1. The molecule has 3 rings (SSSR count). The highest BCUT2D eigenvalue weighted by molar-refractivity contribution is 7.14. The molecular formula is C21H22N2O2S. The van der Waals surface area contributed by atoms with E-state index in [2.05, 4.69) is 41.5 Å². The molecule has 0 bridgehead atoms. The number of thiazole rings is 1. The van der Waals surface area contributed by atoms with Gasteiger partial charge in [0, 0.05) is 23.6 Å². The lowest BCUT2D eigenvalue weighted by Gasteiger charge is -2.03. The normalized spacial score (nSPS) is 10.7. The van der Waals surface area contributed by atoms with E-state index in [1.165, 1.54) is 22.5 Å². The van der Waals surface area contributed by atoms with E-state index in [9.17, 15) is 4.79 Å². The molecule has 0 saturated carbocycles. The Morgan fingerprint density at radius 1 is 1.08 bits per heavy atom. The van der Waals surface area contributed by atoms with Gasteiger partial charge < -0.3 is 4.74 Å². The predicted molar refractivity (Wildman–Crippen MR) is 107 cm³/mol. The Morgan fingerprint density at radius 3 is 2.42 bits per heavy atom. The van der Waals surface area contributed by atoms with Gasteiger partial charge in [-0.05, 0) is 36.1 Å². The Morgan fingerprint density at radius 2 is 1.77 bits per heavy atom. The Kier molecular flexibility index (Phi) is 6.15. The first-order chi connectivity index (χ1) is 12.7. The van der Waals surface area contributed by atoms with Crippen LogP contribution in [0.5, 0.6) is 0 Å². The Balaban J connectivity index is 1.66. The van der Waals surface area contributed by atoms with Crippen molar-refractivity contribution >= 4 is 22.4 Å². The molecule has 1 aromatic heterocycles. The monoisotopic (exact) mass is 366 g/mol. The second-order valence-corrected chi connectivity index (χ2v) is 6.84. The fraction of sp³-hybridized carbons (Fsp3) is 0.238. The number of methoxy groups -OCH3 is 1. The molecule has 0 aliphatic heterocycles. The number of hydrogen-bond donors (Lipinski definition) is 1. The summed E-state index contributed by atoms with van der Waals surface area (Å²) >= 11 is 1.43. The molecule has 0 unspecified atom stereocenters. The van der Waals surface area contributed by atoms with Gasteiger partial charge in [-0.2, -0.15) is 0 Å². The van der Waals surface area contributed by atoms with Gasteiger partial charge in [0.2, 0.25) is 0 Å². The van der Waals surface area contributed by atoms with Gasteiger partial charge in [-0.3, -0.25) is 10.1 Å². The van der Waals surface area contributed by atoms with E-state index in [1.807, 2.05) is 29.6 Å². The Hall–Kier alpha value is -2.50. The Labute approximate surface area is 157 Å². The molecule has 3 aromatic rings. The minimum atomic E-state index is -0.136. The third kappa shape index (κ3) is 4.56. The lowest BCUT2D eigenvalue weighted by atomic mass is 10.1. The van der Waals surface area contributed by atoms with Crippen molar-refractivity contribution in [3.63, 3.8) is 0 Å². The summed E-state index contributed by atoms with van der Waals surface area (Å²) in [5.41, 5.74) is 4.99. The van der Waals surface area contributed by atoms with Gasteiger partial charge in [-0.1, -0.05) is 43.3 Å². The van der Waals surface area contributed by atoms with Gasteiger partial charge in [-0.15, -0.1) is 11.3 Å². The largest absolute Gasteiger partial charge is 0.384 e. The van der Waals surface area contributed by atoms with Gasteiger partial charge in [-0.25, -0.2) is 4.98 Å². The first kappa shape index (κ1) is 18.3. The summed E-state index contributed by atoms with van der Waals surface area (Å²) in [6.07, 6.45) is 1.86. The lowest BCUT2D eigenvalue weighted by molar-refractivity contribution is 0.102. The van der Waals surface area contributed by atoms with E-state index in [-0.39, 0.29) is 5.91 Å². The molecule has 0 spiro atoms. The van der Waals surface area contributed by atoms with Crippen LogP contribution in [0.1, 0.15) is 28.4 Å². The molecule has 134 valence electrons. The van der Waals surface area contributed by atoms with Crippen molar-refractivity contribution in [3.05, 3.63) is 70.6 Å². The molecule has 1 heterocycles. The van der Waals surface area contributed by atoms with Crippen LogP contribution >= 0.6 is 11.3 Å². The SMILES string of the molecule is CCc1ccc(C(=O)Nc2nc(-c3ccc(CCOC)cc3)cs2)cc1. The fourth-order valence-electron chi connectivity index (χ4n) is 2.59. The molecule has 0 atom stereocenters. The number of nitrogens with one attached hydrogen (secondary N) is 1. The number of aryl methyl sites for hydroxylation is 1. The van der Waals surface area contributed by atoms with Gasteiger partial charge >= 0.3 is 0 Å². The summed E-state index contributed by atoms with van der Waals surface area (Å²) in [7, 11) is 1.71. The van der Waals surface area contributed by atoms with Crippen molar-refractivity contribution in [2.75, 3.05) is 19.0 Å². The highest BCUT2D eigenvalue weighted by Gasteiger charge is 2.10. The summed E-state index contributed by atoms with van der Waals surface area (Å²) in [6, 6.07) is 15.9. The standard InChI is InChI=1S/C21H22N2O2S/c1-3-15-4-10-18(11-5-15)20(24)23-21-22-19(14-26-21)17-8-6-16(7-9-17)12-13-25-2/h4-11,14H,3,12-13H2,1-2H3,(H,22,23,24). The number of rotatable bonds is 7.